The van der Waals surface area contributed by atoms with Crippen molar-refractivity contribution in [2.24, 2.45) is 0 Å². The first kappa shape index (κ1) is 16.0. The Morgan fingerprint density at radius 1 is 1.14 bits per heavy atom. The van der Waals surface area contributed by atoms with E-state index in [2.05, 4.69) is 21.9 Å². The van der Waals surface area contributed by atoms with Crippen molar-refractivity contribution in [1.82, 2.24) is 10.6 Å². The van der Waals surface area contributed by atoms with Gasteiger partial charge in [-0.2, -0.15) is 0 Å². The molecule has 1 rings (SSSR count). The quantitative estimate of drug-likeness (QED) is 0.455. The molecular formula is C14H15N3O4. The van der Waals surface area contributed by atoms with Crippen molar-refractivity contribution in [2.75, 3.05) is 18.4 Å². The maximum atomic E-state index is 11.6. The number of amides is 3. The van der Waals surface area contributed by atoms with Gasteiger partial charge in [0, 0.05) is 24.2 Å². The zero-order valence-electron chi connectivity index (χ0n) is 11.2. The fourth-order valence-corrected chi connectivity index (χ4v) is 1.39. The first-order chi connectivity index (χ1) is 10.0. The van der Waals surface area contributed by atoms with Crippen LogP contribution in [0.25, 0.3) is 0 Å². The molecule has 1 aromatic rings. The van der Waals surface area contributed by atoms with E-state index in [0.717, 1.165) is 0 Å². The molecule has 0 heterocycles. The minimum Gasteiger partial charge on any atom is -0.480 e. The molecule has 0 saturated carbocycles. The van der Waals surface area contributed by atoms with Gasteiger partial charge in [-0.3, -0.25) is 9.59 Å². The summed E-state index contributed by atoms with van der Waals surface area (Å²) >= 11 is 0. The molecule has 0 unspecified atom stereocenters. The zero-order chi connectivity index (χ0) is 15.7. The van der Waals surface area contributed by atoms with Gasteiger partial charge in [-0.15, -0.1) is 12.3 Å². The second-order valence-electron chi connectivity index (χ2n) is 3.99. The molecule has 110 valence electrons. The predicted octanol–water partition coefficient (Wildman–Crippen LogP) is 0.646. The Balaban J connectivity index is 2.50. The number of rotatable bonds is 6. The van der Waals surface area contributed by atoms with E-state index in [1.54, 1.807) is 0 Å². The van der Waals surface area contributed by atoms with Crippen molar-refractivity contribution in [3.8, 4) is 12.3 Å². The van der Waals surface area contributed by atoms with E-state index in [-0.39, 0.29) is 0 Å². The first-order valence-corrected chi connectivity index (χ1v) is 6.11. The molecule has 0 bridgehead atoms. The molecular weight excluding hydrogens is 274 g/mol. The topological polar surface area (TPSA) is 108 Å². The molecule has 0 fully saturated rings. The summed E-state index contributed by atoms with van der Waals surface area (Å²) in [4.78, 5) is 33.3. The van der Waals surface area contributed by atoms with Crippen LogP contribution in [0, 0.1) is 12.3 Å². The van der Waals surface area contributed by atoms with Crippen LogP contribution in [0.2, 0.25) is 0 Å². The Morgan fingerprint density at radius 2 is 1.81 bits per heavy atom. The summed E-state index contributed by atoms with van der Waals surface area (Å²) in [5.41, 5.74) is 0.803. The van der Waals surface area contributed by atoms with Gasteiger partial charge in [0.25, 0.3) is 5.91 Å². The highest BCUT2D eigenvalue weighted by Gasteiger charge is 2.07. The number of urea groups is 1. The number of benzene rings is 1. The van der Waals surface area contributed by atoms with Crippen LogP contribution in [0.3, 0.4) is 0 Å². The molecule has 0 aliphatic rings. The zero-order valence-corrected chi connectivity index (χ0v) is 11.2. The third kappa shape index (κ3) is 6.11. The number of carboxylic acid groups (broad SMARTS) is 1. The molecule has 7 heteroatoms. The van der Waals surface area contributed by atoms with E-state index in [0.29, 0.717) is 24.2 Å². The van der Waals surface area contributed by atoms with Gasteiger partial charge in [-0.1, -0.05) is 0 Å². The van der Waals surface area contributed by atoms with Crippen molar-refractivity contribution in [1.29, 1.82) is 0 Å². The highest BCUT2D eigenvalue weighted by Crippen LogP contribution is 2.09. The number of carbonyl (C=O) groups excluding carboxylic acids is 2. The number of hydrogen-bond acceptors (Lipinski definition) is 3. The van der Waals surface area contributed by atoms with Gasteiger partial charge >= 0.3 is 12.0 Å². The number of hydrogen-bond donors (Lipinski definition) is 4. The molecule has 0 aliphatic carbocycles. The maximum Gasteiger partial charge on any atom is 0.322 e. The van der Waals surface area contributed by atoms with Crippen molar-refractivity contribution < 1.29 is 19.5 Å². The molecule has 0 spiro atoms. The molecule has 1 aromatic carbocycles. The fourth-order valence-electron chi connectivity index (χ4n) is 1.39. The van der Waals surface area contributed by atoms with E-state index in [9.17, 15) is 14.4 Å². The van der Waals surface area contributed by atoms with Crippen molar-refractivity contribution in [3.63, 3.8) is 0 Å². The fraction of sp³-hybridized carbons (Fsp3) is 0.214. The van der Waals surface area contributed by atoms with Crippen LogP contribution in [-0.4, -0.2) is 36.1 Å². The third-order valence-corrected chi connectivity index (χ3v) is 2.36. The Bertz CT molecular complexity index is 561. The Morgan fingerprint density at radius 3 is 2.38 bits per heavy atom. The minimum atomic E-state index is -1.12. The van der Waals surface area contributed by atoms with E-state index in [1.807, 2.05) is 0 Å². The molecule has 0 radical (unpaired) electrons. The first-order valence-electron chi connectivity index (χ1n) is 6.11. The highest BCUT2D eigenvalue weighted by atomic mass is 16.4. The summed E-state index contributed by atoms with van der Waals surface area (Å²) in [5.74, 6) is 0.780. The van der Waals surface area contributed by atoms with Crippen LogP contribution in [-0.2, 0) is 4.79 Å². The molecule has 7 nitrogen and oxygen atoms in total. The summed E-state index contributed by atoms with van der Waals surface area (Å²) in [6, 6.07) is 5.64. The third-order valence-electron chi connectivity index (χ3n) is 2.36. The minimum absolute atomic E-state index is 0.300. The molecule has 0 saturated heterocycles. The van der Waals surface area contributed by atoms with Gasteiger partial charge in [0.15, 0.2) is 0 Å². The smallest absolute Gasteiger partial charge is 0.322 e. The maximum absolute atomic E-state index is 11.6. The van der Waals surface area contributed by atoms with Gasteiger partial charge in [-0.05, 0) is 24.3 Å². The summed E-state index contributed by atoms with van der Waals surface area (Å²) in [6.07, 6.45) is 5.50. The lowest BCUT2D eigenvalue weighted by Crippen LogP contribution is -2.30. The predicted molar refractivity (Wildman–Crippen MR) is 76.9 cm³/mol. The van der Waals surface area contributed by atoms with Crippen LogP contribution in [0.5, 0.6) is 0 Å². The summed E-state index contributed by atoms with van der Waals surface area (Å²) in [6.45, 7) is -0.0750. The molecule has 4 N–H and O–H groups in total. The van der Waals surface area contributed by atoms with Crippen LogP contribution in [0.15, 0.2) is 24.3 Å². The van der Waals surface area contributed by atoms with Crippen LogP contribution < -0.4 is 16.0 Å². The second-order valence-corrected chi connectivity index (χ2v) is 3.99. The van der Waals surface area contributed by atoms with Crippen LogP contribution >= 0.6 is 0 Å². The summed E-state index contributed by atoms with van der Waals surface area (Å²) in [7, 11) is 0. The number of terminal acetylenes is 1. The van der Waals surface area contributed by atoms with Gasteiger partial charge < -0.3 is 21.1 Å². The number of carbonyl (C=O) groups is 3. The average molecular weight is 289 g/mol. The lowest BCUT2D eigenvalue weighted by molar-refractivity contribution is -0.135. The van der Waals surface area contributed by atoms with Crippen LogP contribution in [0.1, 0.15) is 16.8 Å². The van der Waals surface area contributed by atoms with E-state index in [1.165, 1.54) is 24.3 Å². The van der Waals surface area contributed by atoms with Gasteiger partial charge in [0.05, 0.1) is 0 Å². The monoisotopic (exact) mass is 289 g/mol. The highest BCUT2D eigenvalue weighted by molar-refractivity contribution is 5.96. The number of nitrogens with one attached hydrogen (secondary N) is 3. The lowest BCUT2D eigenvalue weighted by atomic mass is 10.2. The largest absolute Gasteiger partial charge is 0.480 e. The molecule has 21 heavy (non-hydrogen) atoms. The molecule has 3 amide bonds. The lowest BCUT2D eigenvalue weighted by Gasteiger charge is -2.07. The normalized spacial score (nSPS) is 9.29. The van der Waals surface area contributed by atoms with Gasteiger partial charge in [0.2, 0.25) is 0 Å². The van der Waals surface area contributed by atoms with E-state index < -0.39 is 24.5 Å². The van der Waals surface area contributed by atoms with Gasteiger partial charge in [-0.25, -0.2) is 4.79 Å². The molecule has 0 aromatic heterocycles. The Kier molecular flexibility index (Phi) is 6.28. The van der Waals surface area contributed by atoms with E-state index in [4.69, 9.17) is 11.5 Å². The van der Waals surface area contributed by atoms with Crippen LogP contribution in [0.4, 0.5) is 10.5 Å². The summed E-state index contributed by atoms with van der Waals surface area (Å²) in [5, 5.41) is 15.8. The number of aliphatic carboxylic acids is 1. The Labute approximate surface area is 121 Å². The average Bonchev–Trinajstić information content (AvgIpc) is 2.45. The molecule has 0 aliphatic heterocycles. The molecule has 0 atom stereocenters. The SMILES string of the molecule is C#CCCNC(=O)Nc1ccc(C(=O)NCC(=O)O)cc1. The Hall–Kier alpha value is -3.01. The van der Waals surface area contributed by atoms with Crippen molar-refractivity contribution in [3.05, 3.63) is 29.8 Å². The summed E-state index contributed by atoms with van der Waals surface area (Å²) < 4.78 is 0. The van der Waals surface area contributed by atoms with E-state index >= 15 is 0 Å². The number of anilines is 1. The van der Waals surface area contributed by atoms with Gasteiger partial charge in [0.1, 0.15) is 6.54 Å². The van der Waals surface area contributed by atoms with Crippen molar-refractivity contribution in [2.45, 2.75) is 6.42 Å². The number of carboxylic acids is 1. The van der Waals surface area contributed by atoms with Crippen molar-refractivity contribution >= 4 is 23.6 Å². The second kappa shape index (κ2) is 8.22. The standard InChI is InChI=1S/C14H15N3O4/c1-2-3-8-15-14(21)17-11-6-4-10(5-7-11)13(20)16-9-12(18)19/h1,4-7H,3,8-9H2,(H,16,20)(H,18,19)(H2,15,17,21).